The molecule has 0 radical (unpaired) electrons. The highest BCUT2D eigenvalue weighted by atomic mass is 32.1. The van der Waals surface area contributed by atoms with Gasteiger partial charge in [-0.15, -0.1) is 11.3 Å². The van der Waals surface area contributed by atoms with E-state index in [4.69, 9.17) is 9.47 Å². The van der Waals surface area contributed by atoms with Gasteiger partial charge in [-0.3, -0.25) is 4.79 Å². The summed E-state index contributed by atoms with van der Waals surface area (Å²) in [5.74, 6) is -2.41. The predicted molar refractivity (Wildman–Crippen MR) is 114 cm³/mol. The van der Waals surface area contributed by atoms with Crippen molar-refractivity contribution in [3.63, 3.8) is 0 Å². The molecular weight excluding hydrogens is 477 g/mol. The predicted octanol–water partition coefficient (Wildman–Crippen LogP) is 4.21. The number of halogens is 3. The molecular formula is C21H19F3N4O5S. The first kappa shape index (κ1) is 23.7. The summed E-state index contributed by atoms with van der Waals surface area (Å²) in [6.45, 7) is 3.21. The highest BCUT2D eigenvalue weighted by molar-refractivity contribution is 7.18. The fraction of sp³-hybridized carbons (Fsp3) is 0.381. The SMILES string of the molecule is CCOC(=O)c1sc(NC(=O)c2cc3nc(C4CC4)cc(C(F)(F)F)n3n2)c(C(=O)OC)c1C. The molecule has 0 aromatic carbocycles. The van der Waals surface area contributed by atoms with Crippen LogP contribution in [0.2, 0.25) is 0 Å². The molecule has 0 bridgehead atoms. The van der Waals surface area contributed by atoms with Gasteiger partial charge in [-0.2, -0.15) is 18.3 Å². The van der Waals surface area contributed by atoms with Gasteiger partial charge in [-0.1, -0.05) is 0 Å². The fourth-order valence-electron chi connectivity index (χ4n) is 3.40. The minimum Gasteiger partial charge on any atom is -0.465 e. The van der Waals surface area contributed by atoms with Crippen LogP contribution < -0.4 is 5.32 Å². The van der Waals surface area contributed by atoms with Crippen molar-refractivity contribution in [3.05, 3.63) is 45.2 Å². The number of rotatable bonds is 6. The van der Waals surface area contributed by atoms with Crippen LogP contribution in [0.3, 0.4) is 0 Å². The number of amides is 1. The normalized spacial score (nSPS) is 13.7. The molecule has 1 N–H and O–H groups in total. The van der Waals surface area contributed by atoms with Crippen molar-refractivity contribution < 1.29 is 37.0 Å². The number of esters is 2. The van der Waals surface area contributed by atoms with Crippen LogP contribution in [0.4, 0.5) is 18.2 Å². The number of ether oxygens (including phenoxy) is 2. The number of alkyl halides is 3. The Hall–Kier alpha value is -3.48. The minimum absolute atomic E-state index is 0.0165. The number of hydrogen-bond acceptors (Lipinski definition) is 8. The molecule has 4 rings (SSSR count). The van der Waals surface area contributed by atoms with Crippen LogP contribution in [0.1, 0.15) is 73.2 Å². The monoisotopic (exact) mass is 496 g/mol. The van der Waals surface area contributed by atoms with Gasteiger partial charge in [0.2, 0.25) is 0 Å². The summed E-state index contributed by atoms with van der Waals surface area (Å²) in [7, 11) is 1.14. The summed E-state index contributed by atoms with van der Waals surface area (Å²) in [4.78, 5) is 41.7. The average Bonchev–Trinajstić information content (AvgIpc) is 3.45. The zero-order valence-corrected chi connectivity index (χ0v) is 19.1. The summed E-state index contributed by atoms with van der Waals surface area (Å²) in [6, 6.07) is 2.09. The van der Waals surface area contributed by atoms with E-state index in [9.17, 15) is 27.6 Å². The molecule has 3 aromatic heterocycles. The average molecular weight is 496 g/mol. The standard InChI is InChI=1S/C21H19F3N4O5S/c1-4-33-20(31)16-9(2)15(19(30)32-3)18(34-16)26-17(29)12-8-14-25-11(10-5-6-10)7-13(21(22,23)24)28(14)27-12/h7-8,10H,4-6H2,1-3H3,(H,26,29). The smallest absolute Gasteiger partial charge is 0.433 e. The molecule has 0 aliphatic heterocycles. The fourth-order valence-corrected chi connectivity index (χ4v) is 4.49. The molecule has 1 fully saturated rings. The Morgan fingerprint density at radius 3 is 2.53 bits per heavy atom. The van der Waals surface area contributed by atoms with Gasteiger partial charge in [0.25, 0.3) is 5.91 Å². The number of carbonyl (C=O) groups is 3. The van der Waals surface area contributed by atoms with Crippen LogP contribution in [-0.2, 0) is 15.7 Å². The Bertz CT molecular complexity index is 1310. The second-order valence-corrected chi connectivity index (χ2v) is 8.58. The van der Waals surface area contributed by atoms with Gasteiger partial charge in [0.1, 0.15) is 15.6 Å². The number of fused-ring (bicyclic) bond motifs is 1. The number of anilines is 1. The van der Waals surface area contributed by atoms with Crippen LogP contribution in [0.15, 0.2) is 12.1 Å². The van der Waals surface area contributed by atoms with E-state index in [1.807, 2.05) is 0 Å². The number of aromatic nitrogens is 3. The van der Waals surface area contributed by atoms with Crippen molar-refractivity contribution in [2.45, 2.75) is 38.8 Å². The number of nitrogens with zero attached hydrogens (tertiary/aromatic N) is 3. The Kier molecular flexibility index (Phi) is 6.06. The van der Waals surface area contributed by atoms with Gasteiger partial charge >= 0.3 is 18.1 Å². The molecule has 1 aliphatic rings. The topological polar surface area (TPSA) is 112 Å². The highest BCUT2D eigenvalue weighted by Crippen LogP contribution is 2.41. The van der Waals surface area contributed by atoms with E-state index >= 15 is 0 Å². The van der Waals surface area contributed by atoms with Gasteiger partial charge < -0.3 is 14.8 Å². The van der Waals surface area contributed by atoms with Crippen LogP contribution in [0, 0.1) is 6.92 Å². The summed E-state index contributed by atoms with van der Waals surface area (Å²) in [5, 5.41) is 6.24. The number of carbonyl (C=O) groups excluding carboxylic acids is 3. The molecule has 13 heteroatoms. The Morgan fingerprint density at radius 1 is 1.24 bits per heavy atom. The van der Waals surface area contributed by atoms with Crippen molar-refractivity contribution in [2.24, 2.45) is 0 Å². The molecule has 1 aliphatic carbocycles. The van der Waals surface area contributed by atoms with E-state index in [1.165, 1.54) is 6.92 Å². The zero-order valence-electron chi connectivity index (χ0n) is 18.3. The quantitative estimate of drug-likeness (QED) is 0.509. The maximum Gasteiger partial charge on any atom is 0.433 e. The molecule has 9 nitrogen and oxygen atoms in total. The molecule has 3 aromatic rings. The lowest BCUT2D eigenvalue weighted by Gasteiger charge is -2.10. The van der Waals surface area contributed by atoms with Gasteiger partial charge in [-0.25, -0.2) is 19.1 Å². The van der Waals surface area contributed by atoms with E-state index in [2.05, 4.69) is 15.4 Å². The molecule has 34 heavy (non-hydrogen) atoms. The maximum atomic E-state index is 13.6. The largest absolute Gasteiger partial charge is 0.465 e. The van der Waals surface area contributed by atoms with E-state index in [0.29, 0.717) is 10.2 Å². The molecule has 1 saturated carbocycles. The van der Waals surface area contributed by atoms with Crippen molar-refractivity contribution in [1.82, 2.24) is 14.6 Å². The molecule has 1 amide bonds. The molecule has 0 atom stereocenters. The lowest BCUT2D eigenvalue weighted by molar-refractivity contribution is -0.142. The van der Waals surface area contributed by atoms with E-state index in [-0.39, 0.29) is 44.9 Å². The van der Waals surface area contributed by atoms with Gasteiger partial charge in [0.15, 0.2) is 11.3 Å². The summed E-state index contributed by atoms with van der Waals surface area (Å²) in [5.41, 5.74) is -1.01. The Labute approximate surface area is 194 Å². The molecule has 0 unspecified atom stereocenters. The first-order valence-electron chi connectivity index (χ1n) is 10.2. The van der Waals surface area contributed by atoms with Gasteiger partial charge in [-0.05, 0) is 38.3 Å². The second-order valence-electron chi connectivity index (χ2n) is 7.56. The van der Waals surface area contributed by atoms with Crippen LogP contribution >= 0.6 is 11.3 Å². The number of nitrogens with one attached hydrogen (secondary N) is 1. The van der Waals surface area contributed by atoms with Gasteiger partial charge in [0, 0.05) is 17.7 Å². The molecule has 180 valence electrons. The van der Waals surface area contributed by atoms with Crippen LogP contribution in [0.25, 0.3) is 5.65 Å². The van der Waals surface area contributed by atoms with Gasteiger partial charge in [0.05, 0.1) is 19.3 Å². The first-order valence-corrected chi connectivity index (χ1v) is 11.0. The summed E-state index contributed by atoms with van der Waals surface area (Å²) >= 11 is 0.792. The summed E-state index contributed by atoms with van der Waals surface area (Å²) < 4.78 is 51.2. The summed E-state index contributed by atoms with van der Waals surface area (Å²) in [6.07, 6.45) is -3.21. The Morgan fingerprint density at radius 2 is 1.94 bits per heavy atom. The number of methoxy groups -OCH3 is 1. The second kappa shape index (κ2) is 8.70. The maximum absolute atomic E-state index is 13.6. The molecule has 0 spiro atoms. The third kappa shape index (κ3) is 4.34. The van der Waals surface area contributed by atoms with E-state index < -0.39 is 29.7 Å². The highest BCUT2D eigenvalue weighted by Gasteiger charge is 2.37. The third-order valence-corrected chi connectivity index (χ3v) is 6.38. The van der Waals surface area contributed by atoms with Crippen molar-refractivity contribution in [3.8, 4) is 0 Å². The van der Waals surface area contributed by atoms with Crippen molar-refractivity contribution >= 4 is 39.8 Å². The Balaban J connectivity index is 1.73. The molecule has 3 heterocycles. The zero-order chi connectivity index (χ0) is 24.8. The lowest BCUT2D eigenvalue weighted by atomic mass is 10.1. The first-order chi connectivity index (χ1) is 16.0. The lowest BCUT2D eigenvalue weighted by Crippen LogP contribution is -2.16. The minimum atomic E-state index is -4.71. The van der Waals surface area contributed by atoms with E-state index in [0.717, 1.165) is 43.4 Å². The van der Waals surface area contributed by atoms with E-state index in [1.54, 1.807) is 6.92 Å². The number of hydrogen-bond donors (Lipinski definition) is 1. The van der Waals surface area contributed by atoms with Crippen molar-refractivity contribution in [1.29, 1.82) is 0 Å². The molecule has 0 saturated heterocycles. The van der Waals surface area contributed by atoms with Crippen LogP contribution in [-0.4, -0.2) is 46.2 Å². The number of thiophene rings is 1. The van der Waals surface area contributed by atoms with Crippen LogP contribution in [0.5, 0.6) is 0 Å². The third-order valence-electron chi connectivity index (χ3n) is 5.19. The van der Waals surface area contributed by atoms with Crippen molar-refractivity contribution in [2.75, 3.05) is 19.0 Å².